The summed E-state index contributed by atoms with van der Waals surface area (Å²) in [5.74, 6) is 0.739. The SMILES string of the molecule is CCN(CC)CCN(C(=O)c1ccc(OC(C)C)cc1)c1nc2cc(C)c(C)cc2s1. The van der Waals surface area contributed by atoms with Gasteiger partial charge in [-0.2, -0.15) is 0 Å². The highest BCUT2D eigenvalue weighted by molar-refractivity contribution is 7.22. The molecule has 3 aromatic rings. The molecule has 0 aliphatic rings. The van der Waals surface area contributed by atoms with E-state index < -0.39 is 0 Å². The fourth-order valence-corrected chi connectivity index (χ4v) is 4.52. The number of fused-ring (bicyclic) bond motifs is 1. The first kappa shape index (κ1) is 23.2. The standard InChI is InChI=1S/C25H33N3O2S/c1-7-27(8-2)13-14-28(24(29)20-9-11-21(12-10-20)30-17(3)4)25-26-22-15-18(5)19(6)16-23(22)31-25/h9-12,15-17H,7-8,13-14H2,1-6H3. The Morgan fingerprint density at radius 2 is 1.68 bits per heavy atom. The topological polar surface area (TPSA) is 45.7 Å². The van der Waals surface area contributed by atoms with Gasteiger partial charge in [-0.15, -0.1) is 0 Å². The highest BCUT2D eigenvalue weighted by atomic mass is 32.1. The van der Waals surface area contributed by atoms with E-state index in [-0.39, 0.29) is 12.0 Å². The van der Waals surface area contributed by atoms with Crippen LogP contribution in [0.5, 0.6) is 5.75 Å². The maximum Gasteiger partial charge on any atom is 0.260 e. The van der Waals surface area contributed by atoms with Crippen molar-refractivity contribution in [1.82, 2.24) is 9.88 Å². The van der Waals surface area contributed by atoms with Gasteiger partial charge in [0, 0.05) is 18.7 Å². The fourth-order valence-electron chi connectivity index (χ4n) is 3.45. The second kappa shape index (κ2) is 10.2. The Labute approximate surface area is 189 Å². The van der Waals surface area contributed by atoms with Crippen LogP contribution in [0, 0.1) is 13.8 Å². The molecular formula is C25H33N3O2S. The van der Waals surface area contributed by atoms with Crippen LogP contribution >= 0.6 is 11.3 Å². The van der Waals surface area contributed by atoms with Gasteiger partial charge in [0.25, 0.3) is 5.91 Å². The molecule has 0 fully saturated rings. The second-order valence-corrected chi connectivity index (χ2v) is 9.08. The number of aromatic nitrogens is 1. The van der Waals surface area contributed by atoms with E-state index in [1.54, 1.807) is 11.3 Å². The van der Waals surface area contributed by atoms with Crippen molar-refractivity contribution in [3.05, 3.63) is 53.1 Å². The van der Waals surface area contributed by atoms with Crippen molar-refractivity contribution in [2.24, 2.45) is 0 Å². The van der Waals surface area contributed by atoms with Crippen molar-refractivity contribution >= 4 is 32.6 Å². The third kappa shape index (κ3) is 5.63. The third-order valence-electron chi connectivity index (χ3n) is 5.48. The summed E-state index contributed by atoms with van der Waals surface area (Å²) in [6.45, 7) is 15.8. The molecule has 2 aromatic carbocycles. The van der Waals surface area contributed by atoms with Crippen molar-refractivity contribution in [3.8, 4) is 5.75 Å². The molecule has 0 unspecified atom stereocenters. The van der Waals surface area contributed by atoms with Crippen LogP contribution in [0.25, 0.3) is 10.2 Å². The molecule has 3 rings (SSSR count). The van der Waals surface area contributed by atoms with Gasteiger partial charge < -0.3 is 9.64 Å². The molecule has 0 spiro atoms. The monoisotopic (exact) mass is 439 g/mol. The molecule has 166 valence electrons. The minimum absolute atomic E-state index is 0.0317. The number of amides is 1. The fraction of sp³-hybridized carbons (Fsp3) is 0.440. The van der Waals surface area contributed by atoms with Crippen LogP contribution < -0.4 is 9.64 Å². The minimum Gasteiger partial charge on any atom is -0.491 e. The molecule has 0 aliphatic carbocycles. The van der Waals surface area contributed by atoms with Crippen LogP contribution in [0.3, 0.4) is 0 Å². The molecule has 6 heteroatoms. The molecule has 0 bridgehead atoms. The molecule has 0 radical (unpaired) electrons. The van der Waals surface area contributed by atoms with Gasteiger partial charge in [0.1, 0.15) is 5.75 Å². The van der Waals surface area contributed by atoms with Crippen molar-refractivity contribution in [2.75, 3.05) is 31.1 Å². The van der Waals surface area contributed by atoms with E-state index >= 15 is 0 Å². The van der Waals surface area contributed by atoms with Crippen LogP contribution in [0.1, 0.15) is 49.2 Å². The Kier molecular flexibility index (Phi) is 7.68. The van der Waals surface area contributed by atoms with E-state index in [1.807, 2.05) is 43.0 Å². The van der Waals surface area contributed by atoms with E-state index in [1.165, 1.54) is 11.1 Å². The Morgan fingerprint density at radius 1 is 1.03 bits per heavy atom. The smallest absolute Gasteiger partial charge is 0.260 e. The molecule has 0 saturated carbocycles. The molecule has 31 heavy (non-hydrogen) atoms. The molecule has 0 atom stereocenters. The number of carbonyl (C=O) groups excluding carboxylic acids is 1. The predicted molar refractivity (Wildman–Crippen MR) is 131 cm³/mol. The number of thiazole rings is 1. The summed E-state index contributed by atoms with van der Waals surface area (Å²) in [6.07, 6.45) is 0.0989. The number of aryl methyl sites for hydroxylation is 2. The van der Waals surface area contributed by atoms with Gasteiger partial charge in [0.2, 0.25) is 0 Å². The number of hydrogen-bond acceptors (Lipinski definition) is 5. The molecule has 0 N–H and O–H groups in total. The van der Waals surface area contributed by atoms with Crippen molar-refractivity contribution < 1.29 is 9.53 Å². The second-order valence-electron chi connectivity index (χ2n) is 8.08. The van der Waals surface area contributed by atoms with Gasteiger partial charge in [0.15, 0.2) is 5.13 Å². The minimum atomic E-state index is -0.0317. The number of likely N-dealkylation sites (N-methyl/N-ethyl adjacent to an activating group) is 1. The van der Waals surface area contributed by atoms with Crippen molar-refractivity contribution in [2.45, 2.75) is 47.6 Å². The summed E-state index contributed by atoms with van der Waals surface area (Å²) in [5, 5.41) is 0.750. The first-order chi connectivity index (χ1) is 14.8. The molecule has 0 saturated heterocycles. The maximum absolute atomic E-state index is 13.5. The quantitative estimate of drug-likeness (QED) is 0.430. The molecule has 1 heterocycles. The summed E-state index contributed by atoms with van der Waals surface area (Å²) in [4.78, 5) is 22.5. The predicted octanol–water partition coefficient (Wildman–Crippen LogP) is 5.69. The maximum atomic E-state index is 13.5. The van der Waals surface area contributed by atoms with Crippen LogP contribution in [-0.2, 0) is 0 Å². The van der Waals surface area contributed by atoms with Gasteiger partial charge >= 0.3 is 0 Å². The molecule has 5 nitrogen and oxygen atoms in total. The summed E-state index contributed by atoms with van der Waals surface area (Å²) in [6, 6.07) is 11.7. The van der Waals surface area contributed by atoms with Crippen LogP contribution in [0.4, 0.5) is 5.13 Å². The zero-order valence-corrected chi connectivity index (χ0v) is 20.3. The normalized spacial score (nSPS) is 11.5. The number of rotatable bonds is 9. The lowest BCUT2D eigenvalue weighted by atomic mass is 10.1. The average Bonchev–Trinajstić information content (AvgIpc) is 3.13. The number of nitrogens with zero attached hydrogens (tertiary/aromatic N) is 3. The molecular weight excluding hydrogens is 406 g/mol. The average molecular weight is 440 g/mol. The van der Waals surface area contributed by atoms with Gasteiger partial charge in [-0.25, -0.2) is 4.98 Å². The lowest BCUT2D eigenvalue weighted by Gasteiger charge is -2.24. The van der Waals surface area contributed by atoms with Gasteiger partial charge in [-0.3, -0.25) is 9.69 Å². The number of ether oxygens (including phenoxy) is 1. The Bertz CT molecular complexity index is 984. The zero-order chi connectivity index (χ0) is 22.5. The van der Waals surface area contributed by atoms with E-state index in [0.717, 1.165) is 40.7 Å². The summed E-state index contributed by atoms with van der Waals surface area (Å²) in [5.41, 5.74) is 4.04. The van der Waals surface area contributed by atoms with Crippen molar-refractivity contribution in [1.29, 1.82) is 0 Å². The molecule has 1 aromatic heterocycles. The van der Waals surface area contributed by atoms with E-state index in [2.05, 4.69) is 44.7 Å². The summed E-state index contributed by atoms with van der Waals surface area (Å²) in [7, 11) is 0. The van der Waals surface area contributed by atoms with Gasteiger partial charge in [-0.1, -0.05) is 25.2 Å². The molecule has 1 amide bonds. The number of hydrogen-bond donors (Lipinski definition) is 0. The highest BCUT2D eigenvalue weighted by Gasteiger charge is 2.22. The summed E-state index contributed by atoms with van der Waals surface area (Å²) < 4.78 is 6.83. The van der Waals surface area contributed by atoms with E-state index in [9.17, 15) is 4.79 Å². The number of carbonyl (C=O) groups is 1. The summed E-state index contributed by atoms with van der Waals surface area (Å²) >= 11 is 1.58. The van der Waals surface area contributed by atoms with E-state index in [4.69, 9.17) is 9.72 Å². The number of anilines is 1. The largest absolute Gasteiger partial charge is 0.491 e. The third-order valence-corrected chi connectivity index (χ3v) is 6.52. The Balaban J connectivity index is 1.93. The van der Waals surface area contributed by atoms with Crippen LogP contribution in [0.2, 0.25) is 0 Å². The lowest BCUT2D eigenvalue weighted by molar-refractivity contribution is 0.0983. The van der Waals surface area contributed by atoms with Crippen LogP contribution in [-0.4, -0.2) is 48.1 Å². The Morgan fingerprint density at radius 3 is 2.29 bits per heavy atom. The zero-order valence-electron chi connectivity index (χ0n) is 19.4. The van der Waals surface area contributed by atoms with Crippen molar-refractivity contribution in [3.63, 3.8) is 0 Å². The number of benzene rings is 2. The van der Waals surface area contributed by atoms with Gasteiger partial charge in [0.05, 0.1) is 16.3 Å². The highest BCUT2D eigenvalue weighted by Crippen LogP contribution is 2.31. The lowest BCUT2D eigenvalue weighted by Crippen LogP contribution is -2.38. The Hall–Kier alpha value is -2.44. The first-order valence-electron chi connectivity index (χ1n) is 11.0. The molecule has 0 aliphatic heterocycles. The van der Waals surface area contributed by atoms with E-state index in [0.29, 0.717) is 12.1 Å². The van der Waals surface area contributed by atoms with Gasteiger partial charge in [-0.05, 0) is 88.3 Å². The van der Waals surface area contributed by atoms with Crippen LogP contribution in [0.15, 0.2) is 36.4 Å². The first-order valence-corrected chi connectivity index (χ1v) is 11.8.